The van der Waals surface area contributed by atoms with Gasteiger partial charge in [-0.1, -0.05) is 13.8 Å². The molecule has 0 aliphatic heterocycles. The molecular formula is C10H14BrNOS. The van der Waals surface area contributed by atoms with Crippen LogP contribution in [0.1, 0.15) is 25.1 Å². The molecule has 14 heavy (non-hydrogen) atoms. The van der Waals surface area contributed by atoms with Crippen molar-refractivity contribution in [2.45, 2.75) is 26.8 Å². The summed E-state index contributed by atoms with van der Waals surface area (Å²) in [7, 11) is 0. The van der Waals surface area contributed by atoms with Crippen molar-refractivity contribution in [1.29, 1.82) is 0 Å². The standard InChI is InChI=1S/C10H14BrNOS/c1-7(2)3-10(13)12-5-9-4-8(11)6-14-9/h4,6-7H,3,5H2,1-2H3,(H,12,13). The van der Waals surface area contributed by atoms with E-state index < -0.39 is 0 Å². The average molecular weight is 276 g/mol. The number of hydrogen-bond donors (Lipinski definition) is 1. The van der Waals surface area contributed by atoms with Crippen LogP contribution in [0.4, 0.5) is 0 Å². The molecule has 0 spiro atoms. The molecule has 0 saturated carbocycles. The van der Waals surface area contributed by atoms with E-state index in [1.165, 1.54) is 4.88 Å². The number of hydrogen-bond acceptors (Lipinski definition) is 2. The molecule has 1 heterocycles. The molecule has 1 rings (SSSR count). The molecule has 1 N–H and O–H groups in total. The van der Waals surface area contributed by atoms with Crippen LogP contribution < -0.4 is 5.32 Å². The Hall–Kier alpha value is -0.350. The first-order chi connectivity index (χ1) is 6.58. The Morgan fingerprint density at radius 1 is 1.64 bits per heavy atom. The normalized spacial score (nSPS) is 10.6. The lowest BCUT2D eigenvalue weighted by Crippen LogP contribution is -2.23. The van der Waals surface area contributed by atoms with E-state index in [9.17, 15) is 4.79 Å². The van der Waals surface area contributed by atoms with Gasteiger partial charge in [-0.05, 0) is 27.9 Å². The highest BCUT2D eigenvalue weighted by Crippen LogP contribution is 2.19. The molecule has 0 aromatic carbocycles. The van der Waals surface area contributed by atoms with E-state index in [0.717, 1.165) is 4.47 Å². The zero-order chi connectivity index (χ0) is 10.6. The third-order valence-corrected chi connectivity index (χ3v) is 3.37. The first-order valence-electron chi connectivity index (χ1n) is 4.57. The third-order valence-electron chi connectivity index (χ3n) is 1.68. The van der Waals surface area contributed by atoms with E-state index >= 15 is 0 Å². The molecule has 0 aliphatic rings. The van der Waals surface area contributed by atoms with Crippen molar-refractivity contribution in [2.75, 3.05) is 0 Å². The van der Waals surface area contributed by atoms with Crippen LogP contribution in [0, 0.1) is 5.92 Å². The molecule has 0 aliphatic carbocycles. The molecule has 0 atom stereocenters. The highest BCUT2D eigenvalue weighted by molar-refractivity contribution is 9.10. The van der Waals surface area contributed by atoms with Gasteiger partial charge in [-0.25, -0.2) is 0 Å². The van der Waals surface area contributed by atoms with Gasteiger partial charge in [-0.2, -0.15) is 0 Å². The average Bonchev–Trinajstić information content (AvgIpc) is 2.47. The van der Waals surface area contributed by atoms with E-state index in [1.54, 1.807) is 11.3 Å². The SMILES string of the molecule is CC(C)CC(=O)NCc1cc(Br)cs1. The summed E-state index contributed by atoms with van der Waals surface area (Å²) >= 11 is 5.03. The zero-order valence-electron chi connectivity index (χ0n) is 8.34. The molecule has 0 bridgehead atoms. The van der Waals surface area contributed by atoms with Crippen molar-refractivity contribution in [3.63, 3.8) is 0 Å². The van der Waals surface area contributed by atoms with E-state index in [1.807, 2.05) is 25.3 Å². The van der Waals surface area contributed by atoms with E-state index in [0.29, 0.717) is 18.9 Å². The fraction of sp³-hybridized carbons (Fsp3) is 0.500. The second-order valence-corrected chi connectivity index (χ2v) is 5.52. The maximum Gasteiger partial charge on any atom is 0.220 e. The summed E-state index contributed by atoms with van der Waals surface area (Å²) in [5, 5.41) is 4.91. The lowest BCUT2D eigenvalue weighted by Gasteiger charge is -2.05. The van der Waals surface area contributed by atoms with Crippen LogP contribution in [0.25, 0.3) is 0 Å². The van der Waals surface area contributed by atoms with E-state index in [-0.39, 0.29) is 5.91 Å². The smallest absolute Gasteiger partial charge is 0.220 e. The van der Waals surface area contributed by atoms with Crippen molar-refractivity contribution < 1.29 is 4.79 Å². The van der Waals surface area contributed by atoms with Gasteiger partial charge in [-0.3, -0.25) is 4.79 Å². The Morgan fingerprint density at radius 3 is 2.86 bits per heavy atom. The van der Waals surface area contributed by atoms with E-state index in [2.05, 4.69) is 21.2 Å². The minimum absolute atomic E-state index is 0.129. The molecule has 1 aromatic heterocycles. The van der Waals surface area contributed by atoms with Crippen LogP contribution in [0.2, 0.25) is 0 Å². The fourth-order valence-electron chi connectivity index (χ4n) is 1.08. The second kappa shape index (κ2) is 5.51. The number of halogens is 1. The van der Waals surface area contributed by atoms with E-state index in [4.69, 9.17) is 0 Å². The molecule has 2 nitrogen and oxygen atoms in total. The van der Waals surface area contributed by atoms with Crippen molar-refractivity contribution in [2.24, 2.45) is 5.92 Å². The number of amides is 1. The van der Waals surface area contributed by atoms with Gasteiger partial charge in [0.2, 0.25) is 5.91 Å². The van der Waals surface area contributed by atoms with Crippen molar-refractivity contribution in [1.82, 2.24) is 5.32 Å². The molecule has 4 heteroatoms. The van der Waals surface area contributed by atoms with Gasteiger partial charge in [0.25, 0.3) is 0 Å². The van der Waals surface area contributed by atoms with Crippen molar-refractivity contribution >= 4 is 33.2 Å². The fourth-order valence-corrected chi connectivity index (χ4v) is 2.47. The number of nitrogens with one attached hydrogen (secondary N) is 1. The zero-order valence-corrected chi connectivity index (χ0v) is 10.7. The molecule has 1 amide bonds. The maximum atomic E-state index is 11.3. The predicted octanol–water partition coefficient (Wildman–Crippen LogP) is 3.17. The highest BCUT2D eigenvalue weighted by Gasteiger charge is 2.04. The van der Waals surface area contributed by atoms with Crippen molar-refractivity contribution in [3.8, 4) is 0 Å². The van der Waals surface area contributed by atoms with Crippen molar-refractivity contribution in [3.05, 3.63) is 20.8 Å². The third kappa shape index (κ3) is 4.24. The van der Waals surface area contributed by atoms with Crippen LogP contribution >= 0.6 is 27.3 Å². The lowest BCUT2D eigenvalue weighted by atomic mass is 10.1. The first kappa shape index (κ1) is 11.7. The summed E-state index contributed by atoms with van der Waals surface area (Å²) < 4.78 is 1.08. The molecule has 78 valence electrons. The molecule has 0 fully saturated rings. The van der Waals surface area contributed by atoms with Gasteiger partial charge in [0.15, 0.2) is 0 Å². The monoisotopic (exact) mass is 275 g/mol. The highest BCUT2D eigenvalue weighted by atomic mass is 79.9. The largest absolute Gasteiger partial charge is 0.351 e. The molecule has 0 radical (unpaired) electrons. The van der Waals surface area contributed by atoms with Gasteiger partial charge in [0.1, 0.15) is 0 Å². The van der Waals surface area contributed by atoms with Gasteiger partial charge in [0.05, 0.1) is 6.54 Å². The van der Waals surface area contributed by atoms with Crippen LogP contribution in [-0.4, -0.2) is 5.91 Å². The summed E-state index contributed by atoms with van der Waals surface area (Å²) in [6.07, 6.45) is 0.604. The first-order valence-corrected chi connectivity index (χ1v) is 6.25. The van der Waals surface area contributed by atoms with Crippen LogP contribution in [0.15, 0.2) is 15.9 Å². The summed E-state index contributed by atoms with van der Waals surface area (Å²) in [6, 6.07) is 2.03. The Morgan fingerprint density at radius 2 is 2.36 bits per heavy atom. The second-order valence-electron chi connectivity index (χ2n) is 3.61. The van der Waals surface area contributed by atoms with Gasteiger partial charge in [-0.15, -0.1) is 11.3 Å². The Kier molecular flexibility index (Phi) is 4.62. The molecule has 1 aromatic rings. The molecule has 0 saturated heterocycles. The maximum absolute atomic E-state index is 11.3. The number of carbonyl (C=O) groups excluding carboxylic acids is 1. The Labute approximate surface area is 96.8 Å². The summed E-state index contributed by atoms with van der Waals surface area (Å²) in [5.74, 6) is 0.551. The van der Waals surface area contributed by atoms with Gasteiger partial charge < -0.3 is 5.32 Å². The number of carbonyl (C=O) groups is 1. The quantitative estimate of drug-likeness (QED) is 0.899. The summed E-state index contributed by atoms with van der Waals surface area (Å²) in [6.45, 7) is 4.73. The number of rotatable bonds is 4. The molecular weight excluding hydrogens is 262 g/mol. The van der Waals surface area contributed by atoms with Crippen LogP contribution in [0.3, 0.4) is 0 Å². The van der Waals surface area contributed by atoms with Gasteiger partial charge >= 0.3 is 0 Å². The Bertz CT molecular complexity index is 309. The Balaban J connectivity index is 2.30. The van der Waals surface area contributed by atoms with Crippen LogP contribution in [-0.2, 0) is 11.3 Å². The van der Waals surface area contributed by atoms with Crippen LogP contribution in [0.5, 0.6) is 0 Å². The summed E-state index contributed by atoms with van der Waals surface area (Å²) in [5.41, 5.74) is 0. The minimum Gasteiger partial charge on any atom is -0.351 e. The number of thiophene rings is 1. The lowest BCUT2D eigenvalue weighted by molar-refractivity contribution is -0.121. The molecule has 0 unspecified atom stereocenters. The summed E-state index contributed by atoms with van der Waals surface area (Å²) in [4.78, 5) is 12.5. The predicted molar refractivity (Wildman–Crippen MR) is 63.3 cm³/mol. The van der Waals surface area contributed by atoms with Gasteiger partial charge in [0, 0.05) is 21.2 Å². The minimum atomic E-state index is 0.129. The topological polar surface area (TPSA) is 29.1 Å².